The highest BCUT2D eigenvalue weighted by Crippen LogP contribution is 2.22. The van der Waals surface area contributed by atoms with Crippen LogP contribution in [0.2, 0.25) is 0 Å². The van der Waals surface area contributed by atoms with Crippen molar-refractivity contribution in [2.45, 2.75) is 25.2 Å². The summed E-state index contributed by atoms with van der Waals surface area (Å²) in [5.74, 6) is 0. The summed E-state index contributed by atoms with van der Waals surface area (Å²) in [6, 6.07) is 6.69. The Balaban J connectivity index is 2.78. The Labute approximate surface area is 126 Å². The highest BCUT2D eigenvalue weighted by atomic mass is 79.9. The van der Waals surface area contributed by atoms with Crippen molar-refractivity contribution >= 4 is 41.9 Å². The van der Waals surface area contributed by atoms with Crippen LogP contribution in [0, 0.1) is 5.41 Å². The van der Waals surface area contributed by atoms with Crippen LogP contribution in [0.25, 0.3) is 0 Å². The zero-order valence-corrected chi connectivity index (χ0v) is 14.4. The van der Waals surface area contributed by atoms with Gasteiger partial charge in [0.25, 0.3) is 0 Å². The monoisotopic (exact) mass is 397 g/mol. The normalized spacial score (nSPS) is 12.7. The molecule has 0 aromatic heterocycles. The molecule has 0 saturated heterocycles. The molecule has 1 aromatic rings. The van der Waals surface area contributed by atoms with E-state index in [-0.39, 0.29) is 10.3 Å². The highest BCUT2D eigenvalue weighted by molar-refractivity contribution is 9.10. The molecule has 3 nitrogen and oxygen atoms in total. The molecule has 1 rings (SSSR count). The Morgan fingerprint density at radius 1 is 1.33 bits per heavy atom. The van der Waals surface area contributed by atoms with Crippen LogP contribution in [0.4, 0.5) is 0 Å². The molecule has 0 amide bonds. The van der Waals surface area contributed by atoms with Gasteiger partial charge in [-0.2, -0.15) is 0 Å². The van der Waals surface area contributed by atoms with E-state index >= 15 is 0 Å². The van der Waals surface area contributed by atoms with Gasteiger partial charge in [-0.3, -0.25) is 0 Å². The van der Waals surface area contributed by atoms with Crippen molar-refractivity contribution in [1.29, 1.82) is 0 Å². The van der Waals surface area contributed by atoms with Crippen molar-refractivity contribution in [3.8, 4) is 0 Å². The lowest BCUT2D eigenvalue weighted by molar-refractivity contribution is 0.354. The molecule has 1 N–H and O–H groups in total. The lowest BCUT2D eigenvalue weighted by Gasteiger charge is -2.23. The van der Waals surface area contributed by atoms with Gasteiger partial charge in [-0.1, -0.05) is 51.8 Å². The van der Waals surface area contributed by atoms with Crippen molar-refractivity contribution in [2.24, 2.45) is 5.41 Å². The average molecular weight is 399 g/mol. The SMILES string of the molecule is CC(C)(CCBr)CNS(=O)(=O)c1cccc(Br)c1. The number of nitrogens with one attached hydrogen (secondary N) is 1. The zero-order chi connectivity index (χ0) is 13.8. The van der Waals surface area contributed by atoms with Crippen LogP contribution < -0.4 is 4.72 Å². The van der Waals surface area contributed by atoms with Gasteiger partial charge >= 0.3 is 0 Å². The molecule has 18 heavy (non-hydrogen) atoms. The summed E-state index contributed by atoms with van der Waals surface area (Å²) in [6.45, 7) is 4.50. The molecule has 0 radical (unpaired) electrons. The largest absolute Gasteiger partial charge is 0.240 e. The number of hydrogen-bond donors (Lipinski definition) is 1. The number of alkyl halides is 1. The van der Waals surface area contributed by atoms with Crippen LogP contribution in [0.3, 0.4) is 0 Å². The first-order valence-corrected chi connectivity index (χ1v) is 8.98. The molecule has 0 aliphatic heterocycles. The minimum atomic E-state index is -3.43. The zero-order valence-electron chi connectivity index (χ0n) is 10.4. The molecule has 1 aromatic carbocycles. The summed E-state index contributed by atoms with van der Waals surface area (Å²) >= 11 is 6.65. The van der Waals surface area contributed by atoms with E-state index < -0.39 is 10.0 Å². The molecule has 0 aliphatic carbocycles. The molecule has 0 saturated carbocycles. The Morgan fingerprint density at radius 3 is 2.56 bits per heavy atom. The number of rotatable bonds is 6. The lowest BCUT2D eigenvalue weighted by atomic mass is 9.91. The second-order valence-corrected chi connectivity index (χ2v) is 8.36. The van der Waals surface area contributed by atoms with E-state index in [0.717, 1.165) is 16.2 Å². The summed E-state index contributed by atoms with van der Waals surface area (Å²) in [5, 5.41) is 0.860. The van der Waals surface area contributed by atoms with Crippen LogP contribution in [0.1, 0.15) is 20.3 Å². The predicted octanol–water partition coefficient (Wildman–Crippen LogP) is 3.54. The maximum absolute atomic E-state index is 12.1. The van der Waals surface area contributed by atoms with Crippen molar-refractivity contribution in [1.82, 2.24) is 4.72 Å². The fourth-order valence-electron chi connectivity index (χ4n) is 1.35. The second kappa shape index (κ2) is 6.50. The Hall–Kier alpha value is 0.0900. The quantitative estimate of drug-likeness (QED) is 0.745. The Morgan fingerprint density at radius 2 is 2.00 bits per heavy atom. The second-order valence-electron chi connectivity index (χ2n) is 4.89. The molecule has 0 spiro atoms. The molecule has 0 atom stereocenters. The first-order chi connectivity index (χ1) is 8.27. The van der Waals surface area contributed by atoms with Crippen molar-refractivity contribution in [3.05, 3.63) is 28.7 Å². The van der Waals surface area contributed by atoms with Gasteiger partial charge in [0.15, 0.2) is 0 Å². The molecule has 0 bridgehead atoms. The maximum atomic E-state index is 12.1. The number of halogens is 2. The summed E-state index contributed by atoms with van der Waals surface area (Å²) in [7, 11) is -3.43. The van der Waals surface area contributed by atoms with E-state index in [1.807, 2.05) is 13.8 Å². The minimum Gasteiger partial charge on any atom is -0.211 e. The van der Waals surface area contributed by atoms with Gasteiger partial charge in [-0.05, 0) is 30.0 Å². The van der Waals surface area contributed by atoms with E-state index in [0.29, 0.717) is 6.54 Å². The molecular formula is C12H17Br2NO2S. The Kier molecular flexibility index (Phi) is 5.83. The molecule has 0 fully saturated rings. The molecule has 0 aliphatic rings. The van der Waals surface area contributed by atoms with Crippen molar-refractivity contribution < 1.29 is 8.42 Å². The fraction of sp³-hybridized carbons (Fsp3) is 0.500. The lowest BCUT2D eigenvalue weighted by Crippen LogP contribution is -2.34. The van der Waals surface area contributed by atoms with Gasteiger partial charge in [-0.15, -0.1) is 0 Å². The van der Waals surface area contributed by atoms with E-state index in [1.54, 1.807) is 24.3 Å². The van der Waals surface area contributed by atoms with Gasteiger partial charge in [0.05, 0.1) is 4.90 Å². The predicted molar refractivity (Wildman–Crippen MR) is 81.5 cm³/mol. The standard InChI is InChI=1S/C12H17Br2NO2S/c1-12(2,6-7-13)9-15-18(16,17)11-5-3-4-10(14)8-11/h3-5,8,15H,6-7,9H2,1-2H3. The van der Waals surface area contributed by atoms with E-state index in [1.165, 1.54) is 0 Å². The van der Waals surface area contributed by atoms with Gasteiger partial charge in [0, 0.05) is 16.3 Å². The average Bonchev–Trinajstić information content (AvgIpc) is 2.27. The molecule has 102 valence electrons. The van der Waals surface area contributed by atoms with E-state index in [4.69, 9.17) is 0 Å². The highest BCUT2D eigenvalue weighted by Gasteiger charge is 2.21. The third kappa shape index (κ3) is 4.99. The van der Waals surface area contributed by atoms with E-state index in [9.17, 15) is 8.42 Å². The summed E-state index contributed by atoms with van der Waals surface area (Å²) in [6.07, 6.45) is 0.911. The fourth-order valence-corrected chi connectivity index (χ4v) is 4.26. The number of benzene rings is 1. The van der Waals surface area contributed by atoms with E-state index in [2.05, 4.69) is 36.6 Å². The van der Waals surface area contributed by atoms with Gasteiger partial charge in [0.2, 0.25) is 10.0 Å². The van der Waals surface area contributed by atoms with Gasteiger partial charge in [0.1, 0.15) is 0 Å². The number of sulfonamides is 1. The van der Waals surface area contributed by atoms with Gasteiger partial charge in [-0.25, -0.2) is 13.1 Å². The van der Waals surface area contributed by atoms with Crippen molar-refractivity contribution in [3.63, 3.8) is 0 Å². The summed E-state index contributed by atoms with van der Waals surface area (Å²) in [5.41, 5.74) is -0.0669. The molecule has 6 heteroatoms. The molecular weight excluding hydrogens is 382 g/mol. The topological polar surface area (TPSA) is 46.2 Å². The minimum absolute atomic E-state index is 0.0669. The van der Waals surface area contributed by atoms with Crippen LogP contribution in [-0.4, -0.2) is 20.3 Å². The number of hydrogen-bond acceptors (Lipinski definition) is 2. The van der Waals surface area contributed by atoms with Crippen LogP contribution >= 0.6 is 31.9 Å². The third-order valence-electron chi connectivity index (χ3n) is 2.62. The van der Waals surface area contributed by atoms with Gasteiger partial charge < -0.3 is 0 Å². The third-order valence-corrected chi connectivity index (χ3v) is 4.91. The summed E-state index contributed by atoms with van der Waals surface area (Å²) < 4.78 is 27.6. The summed E-state index contributed by atoms with van der Waals surface area (Å²) in [4.78, 5) is 0.284. The first kappa shape index (κ1) is 16.1. The van der Waals surface area contributed by atoms with Crippen LogP contribution in [0.15, 0.2) is 33.6 Å². The molecule has 0 unspecified atom stereocenters. The Bertz CT molecular complexity index is 501. The smallest absolute Gasteiger partial charge is 0.211 e. The van der Waals surface area contributed by atoms with Crippen molar-refractivity contribution in [2.75, 3.05) is 11.9 Å². The van der Waals surface area contributed by atoms with Crippen LogP contribution in [-0.2, 0) is 10.0 Å². The maximum Gasteiger partial charge on any atom is 0.240 e. The van der Waals surface area contributed by atoms with Crippen LogP contribution in [0.5, 0.6) is 0 Å². The first-order valence-electron chi connectivity index (χ1n) is 5.58. The molecule has 0 heterocycles.